The molecule has 1 aliphatic rings. The van der Waals surface area contributed by atoms with E-state index >= 15 is 0 Å². The van der Waals surface area contributed by atoms with E-state index in [4.69, 9.17) is 11.6 Å². The third kappa shape index (κ3) is 7.15. The van der Waals surface area contributed by atoms with Gasteiger partial charge in [-0.3, -0.25) is 18.6 Å². The Balaban J connectivity index is 1.68. The van der Waals surface area contributed by atoms with Gasteiger partial charge in [0, 0.05) is 38.2 Å². The number of carbonyl (C=O) groups is 3. The van der Waals surface area contributed by atoms with E-state index in [-0.39, 0.29) is 41.4 Å². The highest BCUT2D eigenvalue weighted by Gasteiger charge is 2.38. The molecule has 13 heteroatoms. The second-order valence-corrected chi connectivity index (χ2v) is 10.1. The molecule has 4 N–H and O–H groups in total. The molecule has 0 spiro atoms. The summed E-state index contributed by atoms with van der Waals surface area (Å²) in [5.74, 6) is -1.99. The number of nitrogens with zero attached hydrogens (tertiary/aromatic N) is 2. The molecule has 0 radical (unpaired) electrons. The van der Waals surface area contributed by atoms with Crippen LogP contribution >= 0.6 is 11.6 Å². The molecule has 1 unspecified atom stereocenters. The van der Waals surface area contributed by atoms with Crippen LogP contribution in [0.3, 0.4) is 0 Å². The molecule has 1 aromatic rings. The van der Waals surface area contributed by atoms with Crippen LogP contribution < -0.4 is 10.7 Å². The molecule has 1 saturated heterocycles. The Morgan fingerprint density at radius 1 is 1.35 bits per heavy atom. The number of benzene rings is 1. The number of halogens is 1. The summed E-state index contributed by atoms with van der Waals surface area (Å²) < 4.78 is 21.9. The third-order valence-corrected chi connectivity index (χ3v) is 6.80. The van der Waals surface area contributed by atoms with Crippen LogP contribution in [0.4, 0.5) is 0 Å². The standard InChI is InChI=1S/C21H29ClN4O7S/c1-13-10-17(29)26(13)12-21(2,34(32)33)11-24-25-16(28)6-4-3-5-9-23-20(31)14-7-8-15(27)19(30)18(14)22/h7-8,11,13,27,30H,3-6,9-10,12H2,1-2H3,(H,23,31)(H,25,28)(H,32,33)/p-1/b24-11+/t13-,21+/m1/s1. The highest BCUT2D eigenvalue weighted by atomic mass is 35.5. The number of unbranched alkanes of at least 4 members (excludes halogenated alkanes) is 2. The number of amides is 3. The zero-order chi connectivity index (χ0) is 25.5. The molecule has 11 nitrogen and oxygen atoms in total. The SMILES string of the molecule is C[C@@H]1CC(=O)N1C[C@](C)(/C=N/NC(=O)CCCCCNC(=O)c1ccc(O)c(O)c1Cl)S(=O)[O-]. The molecule has 0 bridgehead atoms. The number of carbonyl (C=O) groups excluding carboxylic acids is 3. The van der Waals surface area contributed by atoms with Crippen LogP contribution in [-0.2, 0) is 20.7 Å². The summed E-state index contributed by atoms with van der Waals surface area (Å²) in [4.78, 5) is 37.1. The second kappa shape index (κ2) is 12.1. The topological polar surface area (TPSA) is 171 Å². The highest BCUT2D eigenvalue weighted by molar-refractivity contribution is 7.81. The van der Waals surface area contributed by atoms with Gasteiger partial charge in [-0.15, -0.1) is 0 Å². The monoisotopic (exact) mass is 515 g/mol. The van der Waals surface area contributed by atoms with Crippen LogP contribution in [0, 0.1) is 0 Å². The van der Waals surface area contributed by atoms with Crippen molar-refractivity contribution in [2.45, 2.75) is 56.7 Å². The van der Waals surface area contributed by atoms with Crippen molar-refractivity contribution in [3.63, 3.8) is 0 Å². The summed E-state index contributed by atoms with van der Waals surface area (Å²) >= 11 is 3.30. The van der Waals surface area contributed by atoms with Crippen LogP contribution in [0.25, 0.3) is 0 Å². The van der Waals surface area contributed by atoms with E-state index in [1.165, 1.54) is 24.0 Å². The number of β-lactam (4-membered cyclic amide) rings is 1. The molecular formula is C21H28ClN4O7S-. The number of aromatic hydroxyl groups is 2. The molecular weight excluding hydrogens is 488 g/mol. The minimum atomic E-state index is -2.55. The number of phenols is 2. The molecule has 3 atom stereocenters. The lowest BCUT2D eigenvalue weighted by Crippen LogP contribution is -2.58. The van der Waals surface area contributed by atoms with Crippen molar-refractivity contribution in [3.8, 4) is 11.5 Å². The maximum Gasteiger partial charge on any atom is 0.252 e. The molecule has 0 aromatic heterocycles. The fourth-order valence-electron chi connectivity index (χ4n) is 3.24. The first-order valence-corrected chi connectivity index (χ1v) is 12.1. The summed E-state index contributed by atoms with van der Waals surface area (Å²) in [6.45, 7) is 3.53. The molecule has 3 amide bonds. The van der Waals surface area contributed by atoms with Gasteiger partial charge in [0.05, 0.1) is 15.3 Å². The van der Waals surface area contributed by atoms with E-state index < -0.39 is 33.2 Å². The smallest absolute Gasteiger partial charge is 0.252 e. The van der Waals surface area contributed by atoms with Gasteiger partial charge in [0.2, 0.25) is 11.8 Å². The van der Waals surface area contributed by atoms with E-state index in [2.05, 4.69) is 15.8 Å². The zero-order valence-corrected chi connectivity index (χ0v) is 20.4. The van der Waals surface area contributed by atoms with Crippen LogP contribution in [0.1, 0.15) is 56.3 Å². The molecule has 0 aliphatic carbocycles. The van der Waals surface area contributed by atoms with Crippen LogP contribution in [-0.4, -0.2) is 71.7 Å². The second-order valence-electron chi connectivity index (χ2n) is 8.28. The van der Waals surface area contributed by atoms with Gasteiger partial charge in [0.1, 0.15) is 0 Å². The minimum Gasteiger partial charge on any atom is -0.772 e. The quantitative estimate of drug-likeness (QED) is 0.0813. The maximum absolute atomic E-state index is 12.1. The Labute approximate surface area is 204 Å². The number of hydrogen-bond donors (Lipinski definition) is 4. The van der Waals surface area contributed by atoms with Gasteiger partial charge in [-0.25, -0.2) is 5.43 Å². The van der Waals surface area contributed by atoms with Crippen molar-refractivity contribution in [3.05, 3.63) is 22.7 Å². The van der Waals surface area contributed by atoms with Crippen LogP contribution in [0.2, 0.25) is 5.02 Å². The Bertz CT molecular complexity index is 990. The lowest BCUT2D eigenvalue weighted by molar-refractivity contribution is -0.145. The predicted molar refractivity (Wildman–Crippen MR) is 125 cm³/mol. The van der Waals surface area contributed by atoms with E-state index in [9.17, 15) is 33.4 Å². The van der Waals surface area contributed by atoms with Gasteiger partial charge in [0.15, 0.2) is 11.5 Å². The summed E-state index contributed by atoms with van der Waals surface area (Å²) in [5, 5.41) is 25.1. The van der Waals surface area contributed by atoms with Crippen LogP contribution in [0.15, 0.2) is 17.2 Å². The van der Waals surface area contributed by atoms with Gasteiger partial charge in [0.25, 0.3) is 5.91 Å². The lowest BCUT2D eigenvalue weighted by atomic mass is 10.0. The maximum atomic E-state index is 12.1. The van der Waals surface area contributed by atoms with Gasteiger partial charge in [-0.2, -0.15) is 5.10 Å². The molecule has 1 aliphatic heterocycles. The van der Waals surface area contributed by atoms with Crippen molar-refractivity contribution in [1.82, 2.24) is 15.6 Å². The van der Waals surface area contributed by atoms with Crippen molar-refractivity contribution in [2.75, 3.05) is 13.1 Å². The Morgan fingerprint density at radius 3 is 2.68 bits per heavy atom. The fourth-order valence-corrected chi connectivity index (χ4v) is 3.87. The van der Waals surface area contributed by atoms with Crippen molar-refractivity contribution >= 4 is 46.6 Å². The zero-order valence-electron chi connectivity index (χ0n) is 18.9. The first-order valence-electron chi connectivity index (χ1n) is 10.7. The highest BCUT2D eigenvalue weighted by Crippen LogP contribution is 2.35. The summed E-state index contributed by atoms with van der Waals surface area (Å²) in [7, 11) is 0. The Hall–Kier alpha value is -2.70. The van der Waals surface area contributed by atoms with E-state index in [0.717, 1.165) is 6.21 Å². The molecule has 1 aromatic carbocycles. The largest absolute Gasteiger partial charge is 0.772 e. The average Bonchev–Trinajstić information content (AvgIpc) is 2.78. The first-order chi connectivity index (χ1) is 16.0. The van der Waals surface area contributed by atoms with Crippen LogP contribution in [0.5, 0.6) is 11.5 Å². The van der Waals surface area contributed by atoms with Gasteiger partial charge >= 0.3 is 0 Å². The predicted octanol–water partition coefficient (Wildman–Crippen LogP) is 1.40. The number of hydrazone groups is 1. The molecule has 2 rings (SSSR count). The molecule has 34 heavy (non-hydrogen) atoms. The van der Waals surface area contributed by atoms with Gasteiger partial charge < -0.3 is 25.0 Å². The lowest BCUT2D eigenvalue weighted by Gasteiger charge is -2.43. The van der Waals surface area contributed by atoms with Gasteiger partial charge in [-0.1, -0.05) is 18.0 Å². The number of rotatable bonds is 12. The molecule has 1 heterocycles. The van der Waals surface area contributed by atoms with Crippen molar-refractivity contribution < 1.29 is 33.4 Å². The van der Waals surface area contributed by atoms with E-state index in [1.54, 1.807) is 0 Å². The Kier molecular flexibility index (Phi) is 9.83. The summed E-state index contributed by atoms with van der Waals surface area (Å²) in [5.41, 5.74) is 2.33. The Morgan fingerprint density at radius 2 is 2.06 bits per heavy atom. The fraction of sp³-hybridized carbons (Fsp3) is 0.524. The van der Waals surface area contributed by atoms with E-state index in [1.807, 2.05) is 6.92 Å². The van der Waals surface area contributed by atoms with Crippen molar-refractivity contribution in [2.24, 2.45) is 5.10 Å². The first kappa shape index (κ1) is 27.5. The van der Waals surface area contributed by atoms with Gasteiger partial charge in [-0.05, 0) is 49.9 Å². The molecule has 1 fully saturated rings. The molecule has 0 saturated carbocycles. The number of hydrogen-bond acceptors (Lipinski definition) is 8. The van der Waals surface area contributed by atoms with E-state index in [0.29, 0.717) is 32.2 Å². The number of nitrogens with one attached hydrogen (secondary N) is 2. The number of likely N-dealkylation sites (tertiary alicyclic amines) is 1. The minimum absolute atomic E-state index is 0.0339. The average molecular weight is 516 g/mol. The number of phenolic OH excluding ortho intramolecular Hbond substituents is 2. The summed E-state index contributed by atoms with van der Waals surface area (Å²) in [6.07, 6.45) is 3.38. The molecule has 188 valence electrons. The normalized spacial score (nSPS) is 18.3. The summed E-state index contributed by atoms with van der Waals surface area (Å²) in [6, 6.07) is 2.43. The third-order valence-electron chi connectivity index (χ3n) is 5.42. The van der Waals surface area contributed by atoms with Crippen molar-refractivity contribution in [1.29, 1.82) is 0 Å².